The predicted octanol–water partition coefficient (Wildman–Crippen LogP) is 7.82. The van der Waals surface area contributed by atoms with Crippen LogP contribution in [-0.4, -0.2) is 0 Å². The van der Waals surface area contributed by atoms with E-state index in [2.05, 4.69) is 69.2 Å². The second-order valence-corrected chi connectivity index (χ2v) is 9.81. The smallest absolute Gasteiger partial charge is 0.0353 e. The highest BCUT2D eigenvalue weighted by atomic mass is 14.4. The van der Waals surface area contributed by atoms with Gasteiger partial charge in [0.25, 0.3) is 0 Å². The maximum absolute atomic E-state index is 2.49. The predicted molar refractivity (Wildman–Crippen MR) is 103 cm³/mol. The lowest BCUT2D eigenvalue weighted by Gasteiger charge is -2.39. The molecule has 5 unspecified atom stereocenters. The summed E-state index contributed by atoms with van der Waals surface area (Å²) in [5.41, 5.74) is 0.446. The maximum Gasteiger partial charge on any atom is -0.0353 e. The van der Waals surface area contributed by atoms with Crippen molar-refractivity contribution in [3.63, 3.8) is 0 Å². The molecule has 0 aromatic carbocycles. The van der Waals surface area contributed by atoms with Gasteiger partial charge in [-0.1, -0.05) is 82.1 Å². The van der Waals surface area contributed by atoms with E-state index in [1.54, 1.807) is 0 Å². The van der Waals surface area contributed by atoms with Gasteiger partial charge in [-0.3, -0.25) is 0 Å². The summed E-state index contributed by atoms with van der Waals surface area (Å²) in [6.07, 6.45) is 6.85. The lowest BCUT2D eigenvalue weighted by molar-refractivity contribution is 0.103. The van der Waals surface area contributed by atoms with Gasteiger partial charge in [0.15, 0.2) is 0 Å². The summed E-state index contributed by atoms with van der Waals surface area (Å²) >= 11 is 0. The molecule has 0 N–H and O–H groups in total. The van der Waals surface area contributed by atoms with Crippen LogP contribution in [0.1, 0.15) is 101 Å². The van der Waals surface area contributed by atoms with Crippen LogP contribution < -0.4 is 0 Å². The average Bonchev–Trinajstić information content (AvgIpc) is 2.40. The molecule has 0 aliphatic rings. The quantitative estimate of drug-likeness (QED) is 0.386. The Hall–Kier alpha value is 0. The molecule has 0 aromatic heterocycles. The Morgan fingerprint density at radius 1 is 0.682 bits per heavy atom. The molecule has 0 saturated carbocycles. The second-order valence-electron chi connectivity index (χ2n) is 9.81. The summed E-state index contributed by atoms with van der Waals surface area (Å²) in [5.74, 6) is 5.17. The van der Waals surface area contributed by atoms with Crippen molar-refractivity contribution in [1.29, 1.82) is 0 Å². The SMILES string of the molecule is CCC(C)CC(C)CC(C(C)C)C(CC(C)(C)C)C(C)CC. The molecule has 0 fully saturated rings. The first kappa shape index (κ1) is 22.0. The van der Waals surface area contributed by atoms with Crippen LogP contribution in [0, 0.1) is 40.9 Å². The first-order chi connectivity index (χ1) is 10.0. The van der Waals surface area contributed by atoms with Crippen LogP contribution in [-0.2, 0) is 0 Å². The molecule has 0 spiro atoms. The molecular weight excluding hydrogens is 264 g/mol. The van der Waals surface area contributed by atoms with Crippen LogP contribution in [0.2, 0.25) is 0 Å². The lowest BCUT2D eigenvalue weighted by atomic mass is 9.66. The third-order valence-corrected chi connectivity index (χ3v) is 5.81. The van der Waals surface area contributed by atoms with E-state index in [0.29, 0.717) is 5.41 Å². The van der Waals surface area contributed by atoms with E-state index in [0.717, 1.165) is 35.5 Å². The van der Waals surface area contributed by atoms with E-state index in [4.69, 9.17) is 0 Å². The molecule has 0 aromatic rings. The molecule has 5 atom stereocenters. The number of hydrogen-bond acceptors (Lipinski definition) is 0. The Morgan fingerprint density at radius 3 is 1.59 bits per heavy atom. The Bertz CT molecular complexity index is 270. The molecule has 0 saturated heterocycles. The third kappa shape index (κ3) is 8.59. The van der Waals surface area contributed by atoms with Gasteiger partial charge in [0.2, 0.25) is 0 Å². The third-order valence-electron chi connectivity index (χ3n) is 5.81. The zero-order valence-corrected chi connectivity index (χ0v) is 17.5. The molecule has 0 nitrogen and oxygen atoms in total. The standard InChI is InChI=1S/C22H46/c1-11-17(5)13-18(6)14-20(16(3)4)21(19(7)12-2)15-22(8,9)10/h16-21H,11-15H2,1-10H3. The van der Waals surface area contributed by atoms with Gasteiger partial charge >= 0.3 is 0 Å². The van der Waals surface area contributed by atoms with Crippen molar-refractivity contribution >= 4 is 0 Å². The topological polar surface area (TPSA) is 0 Å². The summed E-state index contributed by atoms with van der Waals surface area (Å²) in [7, 11) is 0. The van der Waals surface area contributed by atoms with Crippen molar-refractivity contribution in [2.75, 3.05) is 0 Å². The zero-order chi connectivity index (χ0) is 17.5. The minimum Gasteiger partial charge on any atom is -0.0651 e. The summed E-state index contributed by atoms with van der Waals surface area (Å²) in [6, 6.07) is 0. The van der Waals surface area contributed by atoms with Crippen molar-refractivity contribution < 1.29 is 0 Å². The number of hydrogen-bond donors (Lipinski definition) is 0. The minimum atomic E-state index is 0.446. The van der Waals surface area contributed by atoms with Crippen LogP contribution >= 0.6 is 0 Å². The van der Waals surface area contributed by atoms with E-state index in [1.807, 2.05) is 0 Å². The molecule has 134 valence electrons. The molecule has 0 aliphatic heterocycles. The second kappa shape index (κ2) is 9.99. The zero-order valence-electron chi connectivity index (χ0n) is 17.5. The fourth-order valence-corrected chi connectivity index (χ4v) is 4.14. The summed E-state index contributed by atoms with van der Waals surface area (Å²) in [5, 5.41) is 0. The van der Waals surface area contributed by atoms with E-state index < -0.39 is 0 Å². The first-order valence-electron chi connectivity index (χ1n) is 10.0. The summed E-state index contributed by atoms with van der Waals surface area (Å²) in [6.45, 7) is 24.3. The average molecular weight is 311 g/mol. The van der Waals surface area contributed by atoms with Gasteiger partial charge in [0, 0.05) is 0 Å². The Kier molecular flexibility index (Phi) is 9.99. The Morgan fingerprint density at radius 2 is 1.23 bits per heavy atom. The molecule has 0 radical (unpaired) electrons. The van der Waals surface area contributed by atoms with Crippen LogP contribution in [0.5, 0.6) is 0 Å². The molecule has 0 heterocycles. The van der Waals surface area contributed by atoms with Crippen molar-refractivity contribution in [2.45, 2.75) is 101 Å². The highest BCUT2D eigenvalue weighted by molar-refractivity contribution is 4.82. The molecule has 0 aliphatic carbocycles. The van der Waals surface area contributed by atoms with Crippen LogP contribution in [0.25, 0.3) is 0 Å². The van der Waals surface area contributed by atoms with Gasteiger partial charge in [0.1, 0.15) is 0 Å². The van der Waals surface area contributed by atoms with Crippen LogP contribution in [0.3, 0.4) is 0 Å². The maximum atomic E-state index is 2.49. The van der Waals surface area contributed by atoms with E-state index in [1.165, 1.54) is 32.1 Å². The van der Waals surface area contributed by atoms with E-state index in [9.17, 15) is 0 Å². The van der Waals surface area contributed by atoms with Gasteiger partial charge in [-0.15, -0.1) is 0 Å². The van der Waals surface area contributed by atoms with Gasteiger partial charge < -0.3 is 0 Å². The van der Waals surface area contributed by atoms with Gasteiger partial charge in [-0.2, -0.15) is 0 Å². The monoisotopic (exact) mass is 310 g/mol. The Labute approximate surface area is 142 Å². The fourth-order valence-electron chi connectivity index (χ4n) is 4.14. The molecule has 0 heteroatoms. The van der Waals surface area contributed by atoms with Crippen molar-refractivity contribution in [1.82, 2.24) is 0 Å². The van der Waals surface area contributed by atoms with Gasteiger partial charge in [0.05, 0.1) is 0 Å². The molecule has 0 bridgehead atoms. The molecular formula is C22H46. The fraction of sp³-hybridized carbons (Fsp3) is 1.00. The Balaban J connectivity index is 5.04. The molecule has 22 heavy (non-hydrogen) atoms. The summed E-state index contributed by atoms with van der Waals surface area (Å²) in [4.78, 5) is 0. The summed E-state index contributed by atoms with van der Waals surface area (Å²) < 4.78 is 0. The molecule has 0 amide bonds. The van der Waals surface area contributed by atoms with Crippen molar-refractivity contribution in [2.24, 2.45) is 40.9 Å². The van der Waals surface area contributed by atoms with E-state index in [-0.39, 0.29) is 0 Å². The minimum absolute atomic E-state index is 0.446. The van der Waals surface area contributed by atoms with Crippen molar-refractivity contribution in [3.05, 3.63) is 0 Å². The van der Waals surface area contributed by atoms with E-state index >= 15 is 0 Å². The van der Waals surface area contributed by atoms with Crippen LogP contribution in [0.4, 0.5) is 0 Å². The first-order valence-corrected chi connectivity index (χ1v) is 10.0. The normalized spacial score (nSPS) is 19.8. The van der Waals surface area contributed by atoms with Crippen LogP contribution in [0.15, 0.2) is 0 Å². The number of rotatable bonds is 10. The van der Waals surface area contributed by atoms with Crippen molar-refractivity contribution in [3.8, 4) is 0 Å². The largest absolute Gasteiger partial charge is 0.0651 e. The highest BCUT2D eigenvalue weighted by Crippen LogP contribution is 2.41. The lowest BCUT2D eigenvalue weighted by Crippen LogP contribution is -2.31. The highest BCUT2D eigenvalue weighted by Gasteiger charge is 2.32. The van der Waals surface area contributed by atoms with Gasteiger partial charge in [-0.05, 0) is 60.2 Å². The van der Waals surface area contributed by atoms with Gasteiger partial charge in [-0.25, -0.2) is 0 Å². The molecule has 0 rings (SSSR count).